The fourth-order valence-corrected chi connectivity index (χ4v) is 4.74. The second-order valence-corrected chi connectivity index (χ2v) is 9.70. The van der Waals surface area contributed by atoms with Crippen LogP contribution in [0.2, 0.25) is 0 Å². The Morgan fingerprint density at radius 3 is 2.41 bits per heavy atom. The molecule has 4 heteroatoms. The second-order valence-electron chi connectivity index (χ2n) is 9.70. The van der Waals surface area contributed by atoms with Crippen molar-refractivity contribution < 1.29 is 9.47 Å². The minimum atomic E-state index is -0.368. The number of hydrogen-bond acceptors (Lipinski definition) is 3. The quantitative estimate of drug-likeness (QED) is 0.554. The van der Waals surface area contributed by atoms with Gasteiger partial charge in [-0.1, -0.05) is 57.2 Å². The van der Waals surface area contributed by atoms with Gasteiger partial charge in [-0.3, -0.25) is 0 Å². The number of benzene rings is 2. The van der Waals surface area contributed by atoms with Gasteiger partial charge in [0.1, 0.15) is 11.4 Å². The van der Waals surface area contributed by atoms with Crippen molar-refractivity contribution >= 4 is 0 Å². The van der Waals surface area contributed by atoms with Gasteiger partial charge in [0, 0.05) is 28.4 Å². The Kier molecular flexibility index (Phi) is 3.86. The minimum Gasteiger partial charge on any atom is -0.493 e. The Morgan fingerprint density at radius 1 is 1.00 bits per heavy atom. The van der Waals surface area contributed by atoms with Gasteiger partial charge in [-0.05, 0) is 32.0 Å². The van der Waals surface area contributed by atoms with E-state index in [1.807, 2.05) is 28.9 Å². The van der Waals surface area contributed by atoms with Gasteiger partial charge in [0.15, 0.2) is 0 Å². The molecule has 2 atom stereocenters. The first-order valence-electron chi connectivity index (χ1n) is 10.4. The fraction of sp³-hybridized carbons (Fsp3) is 0.400. The normalized spacial score (nSPS) is 22.0. The first kappa shape index (κ1) is 18.3. The highest BCUT2D eigenvalue weighted by Crippen LogP contribution is 2.55. The average molecular weight is 389 g/mol. The lowest BCUT2D eigenvalue weighted by Crippen LogP contribution is -2.49. The van der Waals surface area contributed by atoms with Crippen LogP contribution in [0.4, 0.5) is 0 Å². The van der Waals surface area contributed by atoms with Crippen molar-refractivity contribution in [3.8, 4) is 17.3 Å². The summed E-state index contributed by atoms with van der Waals surface area (Å²) in [5.41, 5.74) is 4.09. The van der Waals surface area contributed by atoms with Crippen molar-refractivity contribution in [2.45, 2.75) is 51.6 Å². The first-order valence-corrected chi connectivity index (χ1v) is 10.4. The molecule has 5 rings (SSSR count). The number of fused-ring (bicyclic) bond motifs is 5. The van der Waals surface area contributed by atoms with Gasteiger partial charge in [0.25, 0.3) is 0 Å². The molecule has 29 heavy (non-hydrogen) atoms. The molecule has 2 aliphatic heterocycles. The smallest absolute Gasteiger partial charge is 0.221 e. The van der Waals surface area contributed by atoms with Gasteiger partial charge in [0.05, 0.1) is 18.0 Å². The molecule has 0 aliphatic carbocycles. The van der Waals surface area contributed by atoms with Gasteiger partial charge in [-0.2, -0.15) is 5.10 Å². The molecule has 0 unspecified atom stereocenters. The summed E-state index contributed by atoms with van der Waals surface area (Å²) in [6.45, 7) is 11.7. The van der Waals surface area contributed by atoms with Crippen molar-refractivity contribution in [2.75, 3.05) is 6.61 Å². The molecular formula is C25H28N2O2. The van der Waals surface area contributed by atoms with Gasteiger partial charge in [-0.15, -0.1) is 0 Å². The third kappa shape index (κ3) is 2.77. The third-order valence-electron chi connectivity index (χ3n) is 6.23. The summed E-state index contributed by atoms with van der Waals surface area (Å²) in [5.74, 6) is 2.26. The maximum absolute atomic E-state index is 6.69. The number of rotatable bonds is 1. The molecule has 0 N–H and O–H groups in total. The summed E-state index contributed by atoms with van der Waals surface area (Å²) in [4.78, 5) is 0. The molecule has 0 radical (unpaired) electrons. The molecule has 3 aromatic rings. The van der Waals surface area contributed by atoms with E-state index >= 15 is 0 Å². The van der Waals surface area contributed by atoms with Crippen LogP contribution >= 0.6 is 0 Å². The maximum Gasteiger partial charge on any atom is 0.221 e. The molecule has 2 aromatic carbocycles. The van der Waals surface area contributed by atoms with Crippen LogP contribution in [-0.2, 0) is 5.41 Å². The largest absolute Gasteiger partial charge is 0.493 e. The van der Waals surface area contributed by atoms with Gasteiger partial charge in [-0.25, -0.2) is 4.68 Å². The van der Waals surface area contributed by atoms with Gasteiger partial charge < -0.3 is 9.47 Å². The highest BCUT2D eigenvalue weighted by Gasteiger charge is 2.51. The molecule has 2 aliphatic rings. The number of nitrogens with zero attached hydrogens (tertiary/aromatic N) is 2. The molecule has 0 spiro atoms. The van der Waals surface area contributed by atoms with E-state index in [0.29, 0.717) is 6.61 Å². The third-order valence-corrected chi connectivity index (χ3v) is 6.23. The van der Waals surface area contributed by atoms with E-state index in [4.69, 9.17) is 14.6 Å². The molecule has 0 fully saturated rings. The van der Waals surface area contributed by atoms with Crippen molar-refractivity contribution in [3.63, 3.8) is 0 Å². The molecule has 3 heterocycles. The molecule has 0 amide bonds. The number of hydrogen-bond donors (Lipinski definition) is 0. The molecule has 0 bridgehead atoms. The number of para-hydroxylation sites is 2. The SMILES string of the molecule is CC(C)(C)c1nn(-c2ccccc2)c2c1[C@@H]1c3ccccc3OC[C@@H]1C(C)(C)O2. The van der Waals surface area contributed by atoms with Crippen LogP contribution in [0.15, 0.2) is 54.6 Å². The van der Waals surface area contributed by atoms with Crippen molar-refractivity contribution in [1.29, 1.82) is 0 Å². The van der Waals surface area contributed by atoms with E-state index in [1.165, 1.54) is 11.1 Å². The van der Waals surface area contributed by atoms with Crippen LogP contribution in [-0.4, -0.2) is 22.0 Å². The zero-order valence-electron chi connectivity index (χ0n) is 17.8. The van der Waals surface area contributed by atoms with Crippen LogP contribution < -0.4 is 9.47 Å². The zero-order chi connectivity index (χ0) is 20.4. The number of aromatic nitrogens is 2. The average Bonchev–Trinajstić information content (AvgIpc) is 3.07. The van der Waals surface area contributed by atoms with E-state index in [1.54, 1.807) is 0 Å². The Balaban J connectivity index is 1.83. The Labute approximate surface area is 172 Å². The minimum absolute atomic E-state index is 0.104. The van der Waals surface area contributed by atoms with Crippen molar-refractivity contribution in [2.24, 2.45) is 5.92 Å². The highest BCUT2D eigenvalue weighted by atomic mass is 16.5. The predicted molar refractivity (Wildman–Crippen MR) is 114 cm³/mol. The van der Waals surface area contributed by atoms with Crippen LogP contribution in [0.25, 0.3) is 5.69 Å². The van der Waals surface area contributed by atoms with E-state index in [-0.39, 0.29) is 22.9 Å². The van der Waals surface area contributed by atoms with E-state index in [2.05, 4.69) is 65.0 Å². The van der Waals surface area contributed by atoms with Gasteiger partial charge >= 0.3 is 0 Å². The van der Waals surface area contributed by atoms with Crippen molar-refractivity contribution in [1.82, 2.24) is 9.78 Å². The molecule has 150 valence electrons. The Hall–Kier alpha value is -2.75. The van der Waals surface area contributed by atoms with E-state index in [9.17, 15) is 0 Å². The lowest BCUT2D eigenvalue weighted by Gasteiger charge is -2.47. The summed E-state index contributed by atoms with van der Waals surface area (Å²) in [6, 6.07) is 18.7. The van der Waals surface area contributed by atoms with E-state index in [0.717, 1.165) is 23.0 Å². The standard InChI is InChI=1S/C25H28N2O2/c1-24(2,3)22-21-20-17-13-9-10-14-19(17)28-15-18(20)25(4,5)29-23(21)27(26-22)16-11-7-6-8-12-16/h6-14,18,20H,15H2,1-5H3/t18-,20+/m0/s1. The van der Waals surface area contributed by atoms with Crippen LogP contribution in [0.1, 0.15) is 57.4 Å². The Bertz CT molecular complexity index is 1060. The van der Waals surface area contributed by atoms with Gasteiger partial charge in [0.2, 0.25) is 5.88 Å². The second kappa shape index (κ2) is 6.12. The topological polar surface area (TPSA) is 36.3 Å². The summed E-state index contributed by atoms with van der Waals surface area (Å²) in [6.07, 6.45) is 0. The van der Waals surface area contributed by atoms with Crippen molar-refractivity contribution in [3.05, 3.63) is 71.4 Å². The summed E-state index contributed by atoms with van der Waals surface area (Å²) in [7, 11) is 0. The molecule has 4 nitrogen and oxygen atoms in total. The molecule has 1 aromatic heterocycles. The summed E-state index contributed by atoms with van der Waals surface area (Å²) in [5, 5.41) is 5.11. The van der Waals surface area contributed by atoms with Crippen LogP contribution in [0.3, 0.4) is 0 Å². The monoisotopic (exact) mass is 388 g/mol. The predicted octanol–water partition coefficient (Wildman–Crippen LogP) is 5.48. The highest BCUT2D eigenvalue weighted by molar-refractivity contribution is 5.54. The summed E-state index contributed by atoms with van der Waals surface area (Å²) >= 11 is 0. The Morgan fingerprint density at radius 2 is 1.69 bits per heavy atom. The summed E-state index contributed by atoms with van der Waals surface area (Å²) < 4.78 is 14.8. The van der Waals surface area contributed by atoms with Crippen LogP contribution in [0.5, 0.6) is 11.6 Å². The molecule has 0 saturated carbocycles. The number of ether oxygens (including phenoxy) is 2. The van der Waals surface area contributed by atoms with Crippen LogP contribution in [0, 0.1) is 5.92 Å². The van der Waals surface area contributed by atoms with E-state index < -0.39 is 0 Å². The first-order chi connectivity index (χ1) is 13.8. The maximum atomic E-state index is 6.69. The zero-order valence-corrected chi connectivity index (χ0v) is 17.8. The molecular weight excluding hydrogens is 360 g/mol. The molecule has 0 saturated heterocycles. The fourth-order valence-electron chi connectivity index (χ4n) is 4.74. The lowest BCUT2D eigenvalue weighted by molar-refractivity contribution is -0.0188. The lowest BCUT2D eigenvalue weighted by atomic mass is 9.68.